The molecule has 2 atom stereocenters. The molecule has 4 aliphatic heterocycles. The van der Waals surface area contributed by atoms with E-state index in [4.69, 9.17) is 40.0 Å². The van der Waals surface area contributed by atoms with Crippen LogP contribution < -0.4 is 19.3 Å². The van der Waals surface area contributed by atoms with E-state index in [0.717, 1.165) is 25.7 Å². The van der Waals surface area contributed by atoms with Gasteiger partial charge in [-0.3, -0.25) is 19.2 Å². The van der Waals surface area contributed by atoms with Gasteiger partial charge in [0.25, 0.3) is 23.6 Å². The van der Waals surface area contributed by atoms with Crippen LogP contribution in [0.3, 0.4) is 0 Å². The van der Waals surface area contributed by atoms with Crippen LogP contribution in [0.4, 0.5) is 21.0 Å². The summed E-state index contributed by atoms with van der Waals surface area (Å²) in [7, 11) is 3.25. The molecule has 6 amide bonds. The van der Waals surface area contributed by atoms with Gasteiger partial charge in [0.15, 0.2) is 11.2 Å². The molecule has 19 heteroatoms. The van der Waals surface area contributed by atoms with Gasteiger partial charge in [-0.2, -0.15) is 0 Å². The van der Waals surface area contributed by atoms with Crippen LogP contribution in [0.2, 0.25) is 5.02 Å². The van der Waals surface area contributed by atoms with Gasteiger partial charge in [0.1, 0.15) is 22.7 Å². The van der Waals surface area contributed by atoms with Crippen LogP contribution in [-0.2, 0) is 28.5 Å². The second-order valence-corrected chi connectivity index (χ2v) is 23.8. The van der Waals surface area contributed by atoms with Crippen LogP contribution in [0.5, 0.6) is 11.5 Å². The van der Waals surface area contributed by atoms with E-state index < -0.39 is 22.4 Å². The number of ether oxygens (including phenoxy) is 6. The molecule has 0 radical (unpaired) electrons. The van der Waals surface area contributed by atoms with Crippen LogP contribution in [0.15, 0.2) is 30.3 Å². The molecule has 4 heterocycles. The number of nitrogens with zero attached hydrogens (tertiary/aromatic N) is 6. The molecule has 6 rings (SSSR count). The fraction of sp³-hybridized carbons (Fsp3) is 0.679. The van der Waals surface area contributed by atoms with Gasteiger partial charge >= 0.3 is 12.2 Å². The first-order valence-corrected chi connectivity index (χ1v) is 26.9. The minimum atomic E-state index is -1.06. The molecule has 0 saturated carbocycles. The van der Waals surface area contributed by atoms with Gasteiger partial charge in [-0.15, -0.1) is 0 Å². The van der Waals surface area contributed by atoms with E-state index in [1.807, 2.05) is 74.1 Å². The standard InChI is InChI=1S/C28H42ClN3O6.C28H43N3O6/c1-18(2)32(19-11-9-12-30(17-19)26(35)38-27(3,4)5)24(33)20-15-22-23(16-21(20)29)37-28(6,7)25(34)31(22)13-10-14-36-8;1-19(2)31(21-11-9-14-29(18-21)26(34)37-27(3,4)5)24(32)20-12-13-23-22(17-20)30(15-10-16-35-8)25(33)28(6,7)36-23/h15-16,18-19H,9-14,17H2,1-8H3;12-13,17,19,21H,9-11,14-16,18H2,1-8H3/t19-;21-/m11/s1. The van der Waals surface area contributed by atoms with Crippen molar-refractivity contribution in [1.82, 2.24) is 19.6 Å². The van der Waals surface area contributed by atoms with E-state index in [2.05, 4.69) is 0 Å². The lowest BCUT2D eigenvalue weighted by Crippen LogP contribution is -2.54. The third kappa shape index (κ3) is 15.2. The maximum atomic E-state index is 14.0. The highest BCUT2D eigenvalue weighted by atomic mass is 35.5. The lowest BCUT2D eigenvalue weighted by molar-refractivity contribution is -0.133. The predicted octanol–water partition coefficient (Wildman–Crippen LogP) is 9.61. The molecule has 2 aromatic rings. The molecule has 0 aromatic heterocycles. The number of hydrogen-bond donors (Lipinski definition) is 0. The highest BCUT2D eigenvalue weighted by Gasteiger charge is 2.44. The van der Waals surface area contributed by atoms with E-state index in [9.17, 15) is 28.8 Å². The normalized spacial score (nSPS) is 19.3. The van der Waals surface area contributed by atoms with Gasteiger partial charge < -0.3 is 57.8 Å². The molecule has 0 aliphatic carbocycles. The summed E-state index contributed by atoms with van der Waals surface area (Å²) in [6, 6.07) is 7.98. The van der Waals surface area contributed by atoms with Gasteiger partial charge in [0.2, 0.25) is 0 Å². The molecule has 4 aliphatic rings. The van der Waals surface area contributed by atoms with Gasteiger partial charge in [0.05, 0.1) is 34.0 Å². The number of fused-ring (bicyclic) bond motifs is 2. The highest BCUT2D eigenvalue weighted by Crippen LogP contribution is 2.43. The summed E-state index contributed by atoms with van der Waals surface area (Å²) in [5.41, 5.74) is -1.36. The van der Waals surface area contributed by atoms with Crippen molar-refractivity contribution in [3.05, 3.63) is 46.5 Å². The highest BCUT2D eigenvalue weighted by molar-refractivity contribution is 6.34. The van der Waals surface area contributed by atoms with E-state index in [-0.39, 0.29) is 65.0 Å². The third-order valence-corrected chi connectivity index (χ3v) is 13.6. The summed E-state index contributed by atoms with van der Waals surface area (Å²) in [5, 5.41) is 0.251. The van der Waals surface area contributed by atoms with Crippen molar-refractivity contribution >= 4 is 58.8 Å². The zero-order valence-corrected chi connectivity index (χ0v) is 48.3. The largest absolute Gasteiger partial charge is 0.476 e. The first-order chi connectivity index (χ1) is 34.9. The number of anilines is 2. The van der Waals surface area contributed by atoms with Crippen LogP contribution in [0, 0.1) is 0 Å². The maximum Gasteiger partial charge on any atom is 0.410 e. The maximum absolute atomic E-state index is 14.0. The SMILES string of the molecule is COCCCN1C(=O)C(C)(C)Oc2cc(Cl)c(C(=O)N(C(C)C)[C@@H]3CCCN(C(=O)OC(C)(C)C)C3)cc21.COCCCN1C(=O)C(C)(C)Oc2ccc(C(=O)N(C(C)C)[C@@H]3CCCN(C(=O)OC(C)(C)C)C3)cc21. The summed E-state index contributed by atoms with van der Waals surface area (Å²) >= 11 is 6.66. The molecule has 418 valence electrons. The zero-order valence-electron chi connectivity index (χ0n) is 47.6. The summed E-state index contributed by atoms with van der Waals surface area (Å²) in [4.78, 5) is 90.1. The van der Waals surface area contributed by atoms with E-state index in [0.29, 0.717) is 99.3 Å². The number of amides is 6. The average Bonchev–Trinajstić information content (AvgIpc) is 3.30. The smallest absolute Gasteiger partial charge is 0.410 e. The van der Waals surface area contributed by atoms with Crippen LogP contribution >= 0.6 is 11.6 Å². The predicted molar refractivity (Wildman–Crippen MR) is 289 cm³/mol. The van der Waals surface area contributed by atoms with Gasteiger partial charge in [-0.05, 0) is 160 Å². The molecular weight excluding hydrogens is 984 g/mol. The summed E-state index contributed by atoms with van der Waals surface area (Å²) in [6.07, 6.45) is 3.65. The minimum absolute atomic E-state index is 0.0817. The molecule has 0 bridgehead atoms. The molecule has 2 fully saturated rings. The quantitative estimate of drug-likeness (QED) is 0.164. The van der Waals surface area contributed by atoms with Crippen molar-refractivity contribution in [3.8, 4) is 11.5 Å². The summed E-state index contributed by atoms with van der Waals surface area (Å²) in [6.45, 7) is 29.7. The van der Waals surface area contributed by atoms with Crippen molar-refractivity contribution in [2.45, 2.75) is 182 Å². The zero-order chi connectivity index (χ0) is 56.0. The number of carbonyl (C=O) groups is 6. The number of methoxy groups -OCH3 is 2. The Kier molecular flexibility index (Phi) is 20.0. The first kappa shape index (κ1) is 60.5. The molecule has 2 aromatic carbocycles. The Labute approximate surface area is 450 Å². The van der Waals surface area contributed by atoms with Crippen molar-refractivity contribution in [2.24, 2.45) is 0 Å². The van der Waals surface area contributed by atoms with E-state index in [1.165, 1.54) is 0 Å². The number of piperidine rings is 2. The van der Waals surface area contributed by atoms with Crippen molar-refractivity contribution in [3.63, 3.8) is 0 Å². The fourth-order valence-electron chi connectivity index (χ4n) is 9.91. The van der Waals surface area contributed by atoms with Crippen molar-refractivity contribution < 1.29 is 57.2 Å². The number of carbonyl (C=O) groups excluding carboxylic acids is 6. The Morgan fingerprint density at radius 2 is 1.09 bits per heavy atom. The Hall–Kier alpha value is -5.33. The molecule has 2 saturated heterocycles. The van der Waals surface area contributed by atoms with Gasteiger partial charge in [-0.1, -0.05) is 11.6 Å². The lowest BCUT2D eigenvalue weighted by atomic mass is 9.99. The number of rotatable bonds is 14. The Morgan fingerprint density at radius 3 is 1.52 bits per heavy atom. The topological polar surface area (TPSA) is 177 Å². The van der Waals surface area contributed by atoms with Gasteiger partial charge in [0, 0.05) is 90.4 Å². The second kappa shape index (κ2) is 24.8. The number of likely N-dealkylation sites (tertiary alicyclic amines) is 2. The van der Waals surface area contributed by atoms with E-state index in [1.54, 1.807) is 96.7 Å². The third-order valence-electron chi connectivity index (χ3n) is 13.2. The lowest BCUT2D eigenvalue weighted by Gasteiger charge is -2.42. The Bertz CT molecular complexity index is 2380. The molecule has 0 N–H and O–H groups in total. The number of hydrogen-bond acceptors (Lipinski definition) is 12. The number of halogens is 1. The first-order valence-electron chi connectivity index (χ1n) is 26.5. The summed E-state index contributed by atoms with van der Waals surface area (Å²) in [5.74, 6) is 0.298. The van der Waals surface area contributed by atoms with Gasteiger partial charge in [-0.25, -0.2) is 9.59 Å². The molecule has 75 heavy (non-hydrogen) atoms. The van der Waals surface area contributed by atoms with Crippen LogP contribution in [0.25, 0.3) is 0 Å². The average molecular weight is 1070 g/mol. The molecule has 18 nitrogen and oxygen atoms in total. The summed E-state index contributed by atoms with van der Waals surface area (Å²) < 4.78 is 33.5. The molecular formula is C56H85ClN6O12. The minimum Gasteiger partial charge on any atom is -0.476 e. The monoisotopic (exact) mass is 1070 g/mol. The fourth-order valence-corrected chi connectivity index (χ4v) is 10.1. The number of benzene rings is 2. The molecule has 0 unspecified atom stereocenters. The van der Waals surface area contributed by atoms with Crippen molar-refractivity contribution in [2.75, 3.05) is 76.5 Å². The van der Waals surface area contributed by atoms with Crippen molar-refractivity contribution in [1.29, 1.82) is 0 Å². The van der Waals surface area contributed by atoms with Crippen LogP contribution in [0.1, 0.15) is 156 Å². The van der Waals surface area contributed by atoms with Crippen LogP contribution in [-0.4, -0.2) is 169 Å². The molecule has 0 spiro atoms. The van der Waals surface area contributed by atoms with E-state index >= 15 is 0 Å². The Morgan fingerprint density at radius 1 is 0.667 bits per heavy atom. The Balaban J connectivity index is 0.000000277. The second-order valence-electron chi connectivity index (χ2n) is 23.4.